The van der Waals surface area contributed by atoms with Crippen LogP contribution < -0.4 is 5.32 Å². The highest BCUT2D eigenvalue weighted by Crippen LogP contribution is 2.23. The van der Waals surface area contributed by atoms with Crippen molar-refractivity contribution in [3.8, 4) is 0 Å². The zero-order chi connectivity index (χ0) is 25.7. The van der Waals surface area contributed by atoms with Crippen molar-refractivity contribution in [3.05, 3.63) is 65.5 Å². The molecule has 4 rings (SSSR count). The first-order valence-electron chi connectivity index (χ1n) is 12.7. The van der Waals surface area contributed by atoms with Crippen LogP contribution in [0.4, 0.5) is 14.9 Å². The predicted molar refractivity (Wildman–Crippen MR) is 137 cm³/mol. The molecule has 0 bridgehead atoms. The monoisotopic (exact) mass is 494 g/mol. The number of hydrogen-bond acceptors (Lipinski definition) is 4. The number of rotatable bonds is 6. The van der Waals surface area contributed by atoms with Gasteiger partial charge in [-0.15, -0.1) is 0 Å². The summed E-state index contributed by atoms with van der Waals surface area (Å²) in [6.45, 7) is 7.13. The minimum atomic E-state index is -0.220. The van der Waals surface area contributed by atoms with Crippen molar-refractivity contribution < 1.29 is 18.8 Å². The topological polar surface area (TPSA) is 73.0 Å². The maximum Gasteiger partial charge on any atom is 0.321 e. The number of ketones is 1. The molecule has 2 saturated heterocycles. The van der Waals surface area contributed by atoms with Gasteiger partial charge >= 0.3 is 6.03 Å². The molecule has 2 aliphatic heterocycles. The van der Waals surface area contributed by atoms with Gasteiger partial charge in [-0.25, -0.2) is 9.18 Å². The molecule has 2 aromatic carbocycles. The fourth-order valence-corrected chi connectivity index (χ4v) is 5.25. The van der Waals surface area contributed by atoms with Gasteiger partial charge in [0.2, 0.25) is 5.91 Å². The third kappa shape index (κ3) is 6.69. The fourth-order valence-electron chi connectivity index (χ4n) is 5.25. The number of piperidine rings is 1. The lowest BCUT2D eigenvalue weighted by atomic mass is 9.90. The second-order valence-electron chi connectivity index (χ2n) is 9.95. The van der Waals surface area contributed by atoms with Crippen LogP contribution in [0.1, 0.15) is 42.6 Å². The zero-order valence-electron chi connectivity index (χ0n) is 21.1. The average Bonchev–Trinajstić information content (AvgIpc) is 2.86. The van der Waals surface area contributed by atoms with Crippen LogP contribution in [0.25, 0.3) is 0 Å². The second-order valence-corrected chi connectivity index (χ2v) is 9.95. The highest BCUT2D eigenvalue weighted by Gasteiger charge is 2.33. The van der Waals surface area contributed by atoms with Gasteiger partial charge in [0.05, 0.1) is 6.04 Å². The number of carbonyl (C=O) groups excluding carboxylic acids is 3. The van der Waals surface area contributed by atoms with Crippen LogP contribution >= 0.6 is 0 Å². The lowest BCUT2D eigenvalue weighted by molar-refractivity contribution is -0.133. The van der Waals surface area contributed by atoms with Gasteiger partial charge in [-0.1, -0.05) is 24.3 Å². The number of halogens is 1. The Morgan fingerprint density at radius 2 is 1.69 bits per heavy atom. The number of anilines is 1. The minimum absolute atomic E-state index is 0.0282. The molecule has 7 nitrogen and oxygen atoms in total. The molecule has 2 aliphatic rings. The Balaban J connectivity index is 1.32. The van der Waals surface area contributed by atoms with Crippen molar-refractivity contribution in [3.63, 3.8) is 0 Å². The molecule has 1 N–H and O–H groups in total. The number of piperazine rings is 1. The van der Waals surface area contributed by atoms with Crippen LogP contribution in [-0.4, -0.2) is 77.7 Å². The van der Waals surface area contributed by atoms with Crippen molar-refractivity contribution >= 4 is 23.4 Å². The van der Waals surface area contributed by atoms with E-state index in [0.717, 1.165) is 38.9 Å². The summed E-state index contributed by atoms with van der Waals surface area (Å²) in [6.07, 6.45) is 3.07. The first kappa shape index (κ1) is 25.8. The van der Waals surface area contributed by atoms with Gasteiger partial charge in [0.25, 0.3) is 0 Å². The molecule has 0 aromatic heterocycles. The van der Waals surface area contributed by atoms with Gasteiger partial charge in [0.1, 0.15) is 5.82 Å². The summed E-state index contributed by atoms with van der Waals surface area (Å²) in [5, 5.41) is 2.90. The largest absolute Gasteiger partial charge is 0.335 e. The summed E-state index contributed by atoms with van der Waals surface area (Å²) in [6, 6.07) is 13.4. The number of likely N-dealkylation sites (tertiary alicyclic amines) is 1. The summed E-state index contributed by atoms with van der Waals surface area (Å²) in [7, 11) is 0. The smallest absolute Gasteiger partial charge is 0.321 e. The molecule has 3 amide bonds. The Labute approximate surface area is 212 Å². The molecule has 0 spiro atoms. The van der Waals surface area contributed by atoms with E-state index in [1.165, 1.54) is 24.6 Å². The van der Waals surface area contributed by atoms with E-state index in [1.807, 2.05) is 17.0 Å². The highest BCUT2D eigenvalue weighted by molar-refractivity contribution is 5.96. The first-order valence-corrected chi connectivity index (χ1v) is 12.7. The zero-order valence-corrected chi connectivity index (χ0v) is 21.1. The maximum absolute atomic E-state index is 13.2. The van der Waals surface area contributed by atoms with Crippen molar-refractivity contribution in [2.45, 2.75) is 39.2 Å². The summed E-state index contributed by atoms with van der Waals surface area (Å²) in [5.41, 5.74) is 2.30. The average molecular weight is 495 g/mol. The maximum atomic E-state index is 13.2. The Hall–Kier alpha value is -3.26. The lowest BCUT2D eigenvalue weighted by Crippen LogP contribution is -2.60. The molecule has 2 aromatic rings. The number of nitrogens with one attached hydrogen (secondary N) is 1. The van der Waals surface area contributed by atoms with Crippen molar-refractivity contribution in [1.29, 1.82) is 0 Å². The van der Waals surface area contributed by atoms with E-state index in [9.17, 15) is 18.8 Å². The first-order chi connectivity index (χ1) is 17.3. The lowest BCUT2D eigenvalue weighted by Gasteiger charge is -2.44. The number of carbonyl (C=O) groups is 3. The van der Waals surface area contributed by atoms with Crippen LogP contribution in [-0.2, 0) is 11.2 Å². The minimum Gasteiger partial charge on any atom is -0.335 e. The van der Waals surface area contributed by atoms with Crippen molar-refractivity contribution in [1.82, 2.24) is 14.7 Å². The predicted octanol–water partition coefficient (Wildman–Crippen LogP) is 4.05. The van der Waals surface area contributed by atoms with Gasteiger partial charge in [-0.05, 0) is 75.0 Å². The van der Waals surface area contributed by atoms with E-state index in [-0.39, 0.29) is 29.6 Å². The summed E-state index contributed by atoms with van der Waals surface area (Å²) in [4.78, 5) is 43.0. The van der Waals surface area contributed by atoms with Crippen LogP contribution in [0.3, 0.4) is 0 Å². The van der Waals surface area contributed by atoms with E-state index in [4.69, 9.17) is 0 Å². The fraction of sp³-hybridized carbons (Fsp3) is 0.464. The molecular weight excluding hydrogens is 459 g/mol. The van der Waals surface area contributed by atoms with Gasteiger partial charge < -0.3 is 20.0 Å². The second kappa shape index (κ2) is 11.6. The Morgan fingerprint density at radius 3 is 2.36 bits per heavy atom. The molecule has 8 heteroatoms. The van der Waals surface area contributed by atoms with Crippen molar-refractivity contribution in [2.75, 3.05) is 44.6 Å². The van der Waals surface area contributed by atoms with E-state index in [0.29, 0.717) is 36.8 Å². The molecule has 192 valence electrons. The molecule has 1 unspecified atom stereocenters. The summed E-state index contributed by atoms with van der Waals surface area (Å²) < 4.78 is 13.2. The van der Waals surface area contributed by atoms with E-state index < -0.39 is 0 Å². The molecule has 0 saturated carbocycles. The molecule has 1 atom stereocenters. The summed E-state index contributed by atoms with van der Waals surface area (Å²) >= 11 is 0. The number of Topliss-reactive ketones (excluding diaryl/α,β-unsaturated/α-hetero) is 1. The third-order valence-corrected chi connectivity index (χ3v) is 7.31. The number of urea groups is 1. The molecular formula is C28H35FN4O3. The van der Waals surface area contributed by atoms with E-state index >= 15 is 0 Å². The van der Waals surface area contributed by atoms with Crippen molar-refractivity contribution in [2.24, 2.45) is 5.92 Å². The number of benzene rings is 2. The number of hydrogen-bond donors (Lipinski definition) is 1. The van der Waals surface area contributed by atoms with Gasteiger partial charge in [0.15, 0.2) is 5.78 Å². The Morgan fingerprint density at radius 1 is 0.972 bits per heavy atom. The van der Waals surface area contributed by atoms with Crippen LogP contribution in [0, 0.1) is 11.7 Å². The number of nitrogens with zero attached hydrogens (tertiary/aromatic N) is 3. The molecule has 36 heavy (non-hydrogen) atoms. The Kier molecular flexibility index (Phi) is 8.36. The quantitative estimate of drug-likeness (QED) is 0.615. The third-order valence-electron chi connectivity index (χ3n) is 7.31. The van der Waals surface area contributed by atoms with Crippen LogP contribution in [0.15, 0.2) is 48.5 Å². The molecule has 2 fully saturated rings. The molecule has 2 heterocycles. The standard InChI is InChI=1S/C28H35FN4O3/c1-20(34)24-4-3-5-26(17-24)30-28(36)32-14-15-33(21(2)35)27(19-32)18-31-12-10-23(11-13-31)16-22-6-8-25(29)9-7-22/h3-9,17,23,27H,10-16,18-19H2,1-2H3,(H,30,36). The molecule has 0 radical (unpaired) electrons. The van der Waals surface area contributed by atoms with E-state index in [1.54, 1.807) is 36.1 Å². The summed E-state index contributed by atoms with van der Waals surface area (Å²) in [5.74, 6) is 0.335. The van der Waals surface area contributed by atoms with Crippen LogP contribution in [0.5, 0.6) is 0 Å². The normalized spacial score (nSPS) is 19.2. The van der Waals surface area contributed by atoms with Gasteiger partial charge in [0, 0.05) is 44.4 Å². The highest BCUT2D eigenvalue weighted by atomic mass is 19.1. The van der Waals surface area contributed by atoms with Gasteiger partial charge in [-0.3, -0.25) is 9.59 Å². The van der Waals surface area contributed by atoms with E-state index in [2.05, 4.69) is 10.2 Å². The SMILES string of the molecule is CC(=O)c1cccc(NC(=O)N2CCN(C(C)=O)C(CN3CCC(Cc4ccc(F)cc4)CC3)C2)c1. The van der Waals surface area contributed by atoms with Crippen LogP contribution in [0.2, 0.25) is 0 Å². The number of amides is 3. The molecule has 0 aliphatic carbocycles. The Bertz CT molecular complexity index is 1080. The van der Waals surface area contributed by atoms with Gasteiger partial charge in [-0.2, -0.15) is 0 Å².